The van der Waals surface area contributed by atoms with Crippen molar-refractivity contribution >= 4 is 31.3 Å². The zero-order valence-electron chi connectivity index (χ0n) is 37.8. The van der Waals surface area contributed by atoms with E-state index in [4.69, 9.17) is 9.05 Å². The maximum atomic E-state index is 13.5. The van der Waals surface area contributed by atoms with E-state index in [2.05, 4.69) is 47.4 Å². The highest BCUT2D eigenvalue weighted by Crippen LogP contribution is 2.44. The van der Waals surface area contributed by atoms with E-state index in [-0.39, 0.29) is 0 Å². The van der Waals surface area contributed by atoms with Crippen LogP contribution in [0, 0.1) is 0 Å². The van der Waals surface area contributed by atoms with Gasteiger partial charge >= 0.3 is 7.75 Å². The number of nitrogens with one attached hydrogen (secondary N) is 1. The first-order chi connectivity index (χ1) is 27.4. The molecular formula is C46H97N2O5PS2. The van der Waals surface area contributed by atoms with E-state index in [0.29, 0.717) is 33.0 Å². The SMILES string of the molecule is CCCCCCCCC(CCCCCCCCCOP(=O)(NCCN(C)C)OCCCCCCCCCC(CCCCCCCC)SCCCO)SCCCO. The summed E-state index contributed by atoms with van der Waals surface area (Å²) in [6.45, 7) is 7.54. The summed E-state index contributed by atoms with van der Waals surface area (Å²) in [6, 6.07) is 0. The fraction of sp³-hybridized carbons (Fsp3) is 1.00. The minimum atomic E-state index is -3.30. The van der Waals surface area contributed by atoms with Crippen LogP contribution in [0.3, 0.4) is 0 Å². The second-order valence-electron chi connectivity index (χ2n) is 16.7. The lowest BCUT2D eigenvalue weighted by Crippen LogP contribution is -2.26. The molecule has 3 N–H and O–H groups in total. The Morgan fingerprint density at radius 2 is 0.821 bits per heavy atom. The molecule has 0 aromatic heterocycles. The van der Waals surface area contributed by atoms with E-state index in [9.17, 15) is 14.8 Å². The van der Waals surface area contributed by atoms with E-state index in [1.54, 1.807) is 0 Å². The van der Waals surface area contributed by atoms with Crippen LogP contribution < -0.4 is 5.09 Å². The van der Waals surface area contributed by atoms with Crippen molar-refractivity contribution in [1.29, 1.82) is 0 Å². The number of unbranched alkanes of at least 4 members (excludes halogenated alkanes) is 22. The Kier molecular flexibility index (Phi) is 45.8. The molecule has 338 valence electrons. The summed E-state index contributed by atoms with van der Waals surface area (Å²) in [5.41, 5.74) is 0. The molecule has 0 aliphatic carbocycles. The van der Waals surface area contributed by atoms with Crippen LogP contribution in [0.2, 0.25) is 0 Å². The molecule has 2 atom stereocenters. The van der Waals surface area contributed by atoms with Crippen LogP contribution in [0.25, 0.3) is 0 Å². The van der Waals surface area contributed by atoms with Crippen LogP contribution in [0.1, 0.15) is 219 Å². The maximum Gasteiger partial charge on any atom is 0.405 e. The second kappa shape index (κ2) is 45.2. The molecule has 0 saturated heterocycles. The monoisotopic (exact) mass is 853 g/mol. The molecule has 0 radical (unpaired) electrons. The van der Waals surface area contributed by atoms with Crippen LogP contribution in [-0.2, 0) is 13.6 Å². The molecule has 10 heteroatoms. The molecule has 0 spiro atoms. The topological polar surface area (TPSA) is 91.3 Å². The standard InChI is InChI=1S/C46H97N2O5PS2/c1-5-7-9-11-19-25-33-45(55-43-31-39-49)35-27-21-15-13-17-23-29-41-52-54(51,47-37-38-48(3)4)53-42-30-24-18-14-16-22-28-36-46(56-44-32-40-50)34-26-20-12-10-8-6-2/h45-46,49-50H,5-44H2,1-4H3,(H,47,51). The minimum Gasteiger partial charge on any atom is -0.396 e. The summed E-state index contributed by atoms with van der Waals surface area (Å²) in [4.78, 5) is 2.08. The van der Waals surface area contributed by atoms with Crippen LogP contribution >= 0.6 is 31.3 Å². The van der Waals surface area contributed by atoms with Gasteiger partial charge in [-0.15, -0.1) is 0 Å². The van der Waals surface area contributed by atoms with Gasteiger partial charge in [0.2, 0.25) is 0 Å². The molecule has 0 amide bonds. The van der Waals surface area contributed by atoms with E-state index in [1.165, 1.54) is 167 Å². The molecule has 0 bridgehead atoms. The smallest absolute Gasteiger partial charge is 0.396 e. The Bertz CT molecular complexity index is 762. The predicted octanol–water partition coefficient (Wildman–Crippen LogP) is 14.0. The van der Waals surface area contributed by atoms with Gasteiger partial charge in [-0.1, -0.05) is 168 Å². The molecule has 0 aliphatic rings. The number of nitrogens with zero attached hydrogens (tertiary/aromatic N) is 1. The largest absolute Gasteiger partial charge is 0.405 e. The number of likely N-dealkylation sites (N-methyl/N-ethyl adjacent to an activating group) is 1. The molecule has 0 aromatic rings. The lowest BCUT2D eigenvalue weighted by atomic mass is 10.0. The van der Waals surface area contributed by atoms with Gasteiger partial charge in [0, 0.05) is 36.8 Å². The van der Waals surface area contributed by atoms with E-state index in [1.807, 2.05) is 14.1 Å². The van der Waals surface area contributed by atoms with E-state index in [0.717, 1.165) is 67.1 Å². The molecule has 0 heterocycles. The van der Waals surface area contributed by atoms with Gasteiger partial charge < -0.3 is 15.1 Å². The van der Waals surface area contributed by atoms with Gasteiger partial charge in [0.25, 0.3) is 0 Å². The highest BCUT2D eigenvalue weighted by Gasteiger charge is 2.23. The summed E-state index contributed by atoms with van der Waals surface area (Å²) < 4.78 is 25.4. The maximum absolute atomic E-state index is 13.5. The van der Waals surface area contributed by atoms with Gasteiger partial charge in [0.1, 0.15) is 0 Å². The first-order valence-electron chi connectivity index (χ1n) is 24.1. The van der Waals surface area contributed by atoms with Gasteiger partial charge in [-0.3, -0.25) is 9.05 Å². The van der Waals surface area contributed by atoms with Gasteiger partial charge in [-0.05, 0) is 77.0 Å². The molecular weight excluding hydrogens is 756 g/mol. The predicted molar refractivity (Wildman–Crippen MR) is 252 cm³/mol. The van der Waals surface area contributed by atoms with Crippen molar-refractivity contribution in [1.82, 2.24) is 9.99 Å². The van der Waals surface area contributed by atoms with Crippen molar-refractivity contribution in [3.63, 3.8) is 0 Å². The van der Waals surface area contributed by atoms with Crippen LogP contribution in [0.4, 0.5) is 0 Å². The third-order valence-corrected chi connectivity index (χ3v) is 15.4. The Labute approximate surface area is 358 Å². The van der Waals surface area contributed by atoms with E-state index < -0.39 is 7.75 Å². The molecule has 0 rings (SSSR count). The van der Waals surface area contributed by atoms with Gasteiger partial charge in [0.05, 0.1) is 13.2 Å². The van der Waals surface area contributed by atoms with Gasteiger partial charge in [0.15, 0.2) is 0 Å². The van der Waals surface area contributed by atoms with Crippen molar-refractivity contribution in [3.8, 4) is 0 Å². The molecule has 0 saturated carbocycles. The Balaban J connectivity index is 4.18. The molecule has 0 fully saturated rings. The van der Waals surface area contributed by atoms with E-state index >= 15 is 0 Å². The van der Waals surface area contributed by atoms with Crippen molar-refractivity contribution in [3.05, 3.63) is 0 Å². The minimum absolute atomic E-state index is 0.314. The number of thioether (sulfide) groups is 2. The van der Waals surface area contributed by atoms with Gasteiger partial charge in [-0.25, -0.2) is 9.65 Å². The fourth-order valence-corrected chi connectivity index (χ4v) is 11.1. The number of aliphatic hydroxyl groups excluding tert-OH is 2. The van der Waals surface area contributed by atoms with Crippen molar-refractivity contribution < 1.29 is 23.8 Å². The number of rotatable bonds is 48. The normalized spacial score (nSPS) is 14.1. The lowest BCUT2D eigenvalue weighted by Gasteiger charge is -2.20. The third-order valence-electron chi connectivity index (χ3n) is 10.8. The fourth-order valence-electron chi connectivity index (χ4n) is 7.18. The van der Waals surface area contributed by atoms with Crippen molar-refractivity contribution in [2.75, 3.05) is 65.1 Å². The van der Waals surface area contributed by atoms with Crippen LogP contribution in [0.15, 0.2) is 0 Å². The third kappa shape index (κ3) is 41.4. The molecule has 0 aromatic carbocycles. The zero-order valence-corrected chi connectivity index (χ0v) is 40.3. The molecule has 56 heavy (non-hydrogen) atoms. The first kappa shape index (κ1) is 56.7. The summed E-state index contributed by atoms with van der Waals surface area (Å²) >= 11 is 4.19. The number of aliphatic hydroxyl groups is 2. The first-order valence-corrected chi connectivity index (χ1v) is 27.8. The Morgan fingerprint density at radius 3 is 1.14 bits per heavy atom. The lowest BCUT2D eigenvalue weighted by molar-refractivity contribution is 0.188. The Hall–Kier alpha value is 0.690. The van der Waals surface area contributed by atoms with Crippen molar-refractivity contribution in [2.24, 2.45) is 0 Å². The average molecular weight is 853 g/mol. The molecule has 0 aliphatic heterocycles. The number of hydrogen-bond donors (Lipinski definition) is 3. The van der Waals surface area contributed by atoms with Crippen LogP contribution in [-0.4, -0.2) is 90.7 Å². The van der Waals surface area contributed by atoms with Crippen LogP contribution in [0.5, 0.6) is 0 Å². The summed E-state index contributed by atoms with van der Waals surface area (Å²) in [5.74, 6) is 2.19. The summed E-state index contributed by atoms with van der Waals surface area (Å²) in [6.07, 6.45) is 40.4. The van der Waals surface area contributed by atoms with Gasteiger partial charge in [-0.2, -0.15) is 23.5 Å². The molecule has 7 nitrogen and oxygen atoms in total. The summed E-state index contributed by atoms with van der Waals surface area (Å²) in [7, 11) is 0.748. The van der Waals surface area contributed by atoms with Crippen molar-refractivity contribution in [2.45, 2.75) is 230 Å². The zero-order chi connectivity index (χ0) is 41.1. The number of hydrogen-bond acceptors (Lipinski definition) is 8. The summed E-state index contributed by atoms with van der Waals surface area (Å²) in [5, 5.41) is 23.1. The highest BCUT2D eigenvalue weighted by atomic mass is 32.2. The molecule has 2 unspecified atom stereocenters. The second-order valence-corrected chi connectivity index (χ2v) is 21.3. The Morgan fingerprint density at radius 1 is 0.500 bits per heavy atom. The average Bonchev–Trinajstić information content (AvgIpc) is 3.18. The quantitative estimate of drug-likeness (QED) is 0.0409. The highest BCUT2D eigenvalue weighted by molar-refractivity contribution is 8.00.